The summed E-state index contributed by atoms with van der Waals surface area (Å²) in [6.45, 7) is 10.8. The molecule has 1 heteroatoms. The number of anilines is 2. The Hall–Kier alpha value is -6.70. The molecule has 3 aliphatic rings. The number of hydrogen-bond donors (Lipinski definition) is 1. The maximum Gasteiger partial charge on any atom is 0.0676 e. The molecule has 0 fully saturated rings. The summed E-state index contributed by atoms with van der Waals surface area (Å²) in [5.74, 6) is 0. The summed E-state index contributed by atoms with van der Waals surface area (Å²) >= 11 is 0. The Morgan fingerprint density at radius 2 is 1.45 bits per heavy atom. The summed E-state index contributed by atoms with van der Waals surface area (Å²) < 4.78 is 0. The van der Waals surface area contributed by atoms with Crippen LogP contribution in [-0.2, 0) is 5.41 Å². The molecule has 55 heavy (non-hydrogen) atoms. The van der Waals surface area contributed by atoms with Crippen molar-refractivity contribution in [3.8, 4) is 0 Å². The summed E-state index contributed by atoms with van der Waals surface area (Å²) in [4.78, 5) is 0. The van der Waals surface area contributed by atoms with Crippen LogP contribution < -0.4 is 5.32 Å². The Morgan fingerprint density at radius 3 is 2.25 bits per heavy atom. The number of rotatable bonds is 10. The van der Waals surface area contributed by atoms with Gasteiger partial charge in [0.25, 0.3) is 0 Å². The third-order valence-electron chi connectivity index (χ3n) is 10.3. The topological polar surface area (TPSA) is 12.0 Å². The van der Waals surface area contributed by atoms with Crippen LogP contribution in [0.25, 0.3) is 21.9 Å². The summed E-state index contributed by atoms with van der Waals surface area (Å²) in [5.41, 5.74) is 12.3. The van der Waals surface area contributed by atoms with Gasteiger partial charge in [0, 0.05) is 11.4 Å². The van der Waals surface area contributed by atoms with Crippen LogP contribution in [0.3, 0.4) is 0 Å². The molecule has 1 unspecified atom stereocenters. The van der Waals surface area contributed by atoms with Crippen molar-refractivity contribution in [2.75, 3.05) is 5.32 Å². The molecule has 268 valence electrons. The minimum atomic E-state index is -0.609. The zero-order chi connectivity index (χ0) is 37.9. The van der Waals surface area contributed by atoms with Crippen molar-refractivity contribution in [3.05, 3.63) is 265 Å². The fraction of sp³-hybridized carbons (Fsp3) is 0.0741. The van der Waals surface area contributed by atoms with E-state index >= 15 is 0 Å². The third kappa shape index (κ3) is 7.84. The van der Waals surface area contributed by atoms with E-state index in [0.29, 0.717) is 0 Å². The van der Waals surface area contributed by atoms with Gasteiger partial charge < -0.3 is 5.32 Å². The molecule has 0 aliphatic heterocycles. The van der Waals surface area contributed by atoms with Crippen LogP contribution in [0, 0.1) is 0 Å². The monoisotopic (exact) mass is 709 g/mol. The first-order valence-electron chi connectivity index (χ1n) is 19.1. The van der Waals surface area contributed by atoms with E-state index < -0.39 is 5.41 Å². The van der Waals surface area contributed by atoms with Crippen molar-refractivity contribution in [2.24, 2.45) is 0 Å². The van der Waals surface area contributed by atoms with Gasteiger partial charge in [0.05, 0.1) is 5.41 Å². The maximum atomic E-state index is 4.92. The molecular formula is C54H47N. The van der Waals surface area contributed by atoms with Crippen LogP contribution in [0.1, 0.15) is 36.5 Å². The van der Waals surface area contributed by atoms with Crippen molar-refractivity contribution in [3.63, 3.8) is 0 Å². The molecule has 0 heterocycles. The molecule has 0 spiro atoms. The van der Waals surface area contributed by atoms with Gasteiger partial charge in [-0.1, -0.05) is 189 Å². The third-order valence-corrected chi connectivity index (χ3v) is 10.3. The number of nitrogens with one attached hydrogen (secondary N) is 1. The lowest BCUT2D eigenvalue weighted by Gasteiger charge is -2.39. The van der Waals surface area contributed by atoms with Crippen LogP contribution >= 0.6 is 0 Å². The minimum absolute atomic E-state index is 0.609. The van der Waals surface area contributed by atoms with Crippen LogP contribution in [0.2, 0.25) is 0 Å². The highest BCUT2D eigenvalue weighted by Crippen LogP contribution is 2.58. The van der Waals surface area contributed by atoms with Gasteiger partial charge in [0.1, 0.15) is 0 Å². The zero-order valence-corrected chi connectivity index (χ0v) is 31.5. The molecule has 0 aromatic heterocycles. The van der Waals surface area contributed by atoms with Crippen molar-refractivity contribution in [2.45, 2.75) is 25.2 Å². The van der Waals surface area contributed by atoms with Gasteiger partial charge in [-0.3, -0.25) is 0 Å². The Bertz CT molecular complexity index is 2460. The number of hydrogen-bond acceptors (Lipinski definition) is 1. The number of allylic oxidation sites excluding steroid dienone is 26. The second-order valence-corrected chi connectivity index (χ2v) is 13.7. The standard InChI is InChI=1S/C54H47N/c1-4-6-8-12-26-44-27-20-21-33-51(44)54(41(3)23-11-7-5-2)52-34-22-19-25-42(43-35-37-48(38-36-43)55-47-30-14-10-15-31-47)24-13-9-16-32-49(52)50-39-45-28-17-18-29-46(45)40-53(50)54/h4-20,22-32,34-40,55H,1,3,21,33H2,2H3/b7-5-,8-6-,13-9?,16-9?,22-19?,23-11-,24-13?,25-19?,26-12-,32-16?,34-22?,42-24?,42-25?,49-32?,52-34?. The Morgan fingerprint density at radius 1 is 0.709 bits per heavy atom. The number of para-hydroxylation sites is 1. The minimum Gasteiger partial charge on any atom is -0.356 e. The fourth-order valence-corrected chi connectivity index (χ4v) is 7.85. The normalized spacial score (nSPS) is 18.4. The first kappa shape index (κ1) is 36.6. The molecule has 0 amide bonds. The Balaban J connectivity index is 1.39. The maximum absolute atomic E-state index is 4.92. The summed E-state index contributed by atoms with van der Waals surface area (Å²) in [5, 5.41) is 5.94. The van der Waals surface area contributed by atoms with Crippen molar-refractivity contribution in [1.29, 1.82) is 0 Å². The van der Waals surface area contributed by atoms with E-state index in [9.17, 15) is 0 Å². The lowest BCUT2D eigenvalue weighted by atomic mass is 9.62. The molecule has 3 aliphatic carbocycles. The summed E-state index contributed by atoms with van der Waals surface area (Å²) in [7, 11) is 0. The molecule has 4 aromatic carbocycles. The first-order chi connectivity index (χ1) is 27.1. The second-order valence-electron chi connectivity index (χ2n) is 13.7. The zero-order valence-electron chi connectivity index (χ0n) is 31.5. The van der Waals surface area contributed by atoms with Crippen LogP contribution in [0.5, 0.6) is 0 Å². The lowest BCUT2D eigenvalue weighted by Crippen LogP contribution is -2.32. The van der Waals surface area contributed by atoms with E-state index in [1.54, 1.807) is 0 Å². The Labute approximate surface area is 327 Å². The van der Waals surface area contributed by atoms with Gasteiger partial charge in [-0.2, -0.15) is 0 Å². The predicted octanol–water partition coefficient (Wildman–Crippen LogP) is 14.5. The molecular weight excluding hydrogens is 663 g/mol. The van der Waals surface area contributed by atoms with Gasteiger partial charge in [-0.25, -0.2) is 0 Å². The van der Waals surface area contributed by atoms with Gasteiger partial charge in [0.15, 0.2) is 0 Å². The van der Waals surface area contributed by atoms with Crippen molar-refractivity contribution >= 4 is 33.3 Å². The highest BCUT2D eigenvalue weighted by Gasteiger charge is 2.48. The molecule has 1 N–H and O–H groups in total. The fourth-order valence-electron chi connectivity index (χ4n) is 7.85. The molecule has 0 saturated heterocycles. The highest BCUT2D eigenvalue weighted by atomic mass is 14.9. The second kappa shape index (κ2) is 17.4. The van der Waals surface area contributed by atoms with E-state index in [1.165, 1.54) is 44.2 Å². The predicted molar refractivity (Wildman–Crippen MR) is 240 cm³/mol. The summed E-state index contributed by atoms with van der Waals surface area (Å²) in [6.07, 6.45) is 44.9. The number of benzene rings is 4. The molecule has 0 bridgehead atoms. The Kier molecular flexibility index (Phi) is 11.6. The lowest BCUT2D eigenvalue weighted by molar-refractivity contribution is 0.683. The van der Waals surface area contributed by atoms with Crippen LogP contribution in [0.15, 0.2) is 248 Å². The molecule has 1 nitrogen and oxygen atoms in total. The van der Waals surface area contributed by atoms with E-state index in [0.717, 1.165) is 40.9 Å². The van der Waals surface area contributed by atoms with E-state index in [-0.39, 0.29) is 0 Å². The van der Waals surface area contributed by atoms with E-state index in [1.807, 2.05) is 43.4 Å². The molecule has 4 aromatic rings. The van der Waals surface area contributed by atoms with Crippen molar-refractivity contribution < 1.29 is 0 Å². The first-order valence-corrected chi connectivity index (χ1v) is 19.1. The smallest absolute Gasteiger partial charge is 0.0676 e. The van der Waals surface area contributed by atoms with Gasteiger partial charge in [-0.05, 0) is 117 Å². The van der Waals surface area contributed by atoms with E-state index in [2.05, 4.69) is 188 Å². The SMILES string of the molecule is C=C/C=C\C=C/C1=C(C2(C(=C)/C=C\C=C/C)C3=C(C=CC=CC=C(c4ccc(Nc5ccccc5)cc4)C=CC=C3)c3cc4ccccc4cc32)CCC=C1. The van der Waals surface area contributed by atoms with Gasteiger partial charge in [0.2, 0.25) is 0 Å². The molecule has 0 saturated carbocycles. The van der Waals surface area contributed by atoms with E-state index in [4.69, 9.17) is 6.58 Å². The van der Waals surface area contributed by atoms with Gasteiger partial charge in [-0.15, -0.1) is 0 Å². The largest absolute Gasteiger partial charge is 0.356 e. The van der Waals surface area contributed by atoms with Crippen LogP contribution in [0.4, 0.5) is 11.4 Å². The molecule has 7 rings (SSSR count). The molecule has 1 atom stereocenters. The summed E-state index contributed by atoms with van der Waals surface area (Å²) in [6, 6.07) is 32.4. The van der Waals surface area contributed by atoms with Crippen LogP contribution in [-0.4, -0.2) is 0 Å². The average Bonchev–Trinajstić information content (AvgIpc) is 3.47. The van der Waals surface area contributed by atoms with Crippen molar-refractivity contribution in [1.82, 2.24) is 0 Å². The highest BCUT2D eigenvalue weighted by molar-refractivity contribution is 5.98. The molecule has 0 radical (unpaired) electrons. The average molecular weight is 710 g/mol. The quantitative estimate of drug-likeness (QED) is 0.162. The number of fused-ring (bicyclic) bond motifs is 3. The van der Waals surface area contributed by atoms with Gasteiger partial charge >= 0.3 is 0 Å².